The number of carbonyl (C=O) groups excluding carboxylic acids is 2. The van der Waals surface area contributed by atoms with E-state index in [1.54, 1.807) is 11.8 Å². The molecule has 2 fully saturated rings. The minimum absolute atomic E-state index is 0.0111. The Bertz CT molecular complexity index is 665. The number of rotatable bonds is 3. The molecule has 1 N–H and O–H groups in total. The number of methoxy groups -OCH3 is 1. The largest absolute Gasteiger partial charge is 0.469 e. The molecule has 1 amide bonds. The van der Waals surface area contributed by atoms with Crippen LogP contribution in [0.2, 0.25) is 0 Å². The van der Waals surface area contributed by atoms with Gasteiger partial charge in [0.2, 0.25) is 0 Å². The summed E-state index contributed by atoms with van der Waals surface area (Å²) in [5, 5.41) is 13.2. The average molecular weight is 322 g/mol. The van der Waals surface area contributed by atoms with Crippen LogP contribution in [0.15, 0.2) is 4.52 Å². The molecule has 0 bridgehead atoms. The summed E-state index contributed by atoms with van der Waals surface area (Å²) in [4.78, 5) is 26.7. The van der Waals surface area contributed by atoms with E-state index in [1.807, 2.05) is 0 Å². The molecule has 1 aromatic heterocycles. The van der Waals surface area contributed by atoms with Gasteiger partial charge in [-0.3, -0.25) is 9.59 Å². The molecule has 1 aliphatic heterocycles. The number of nitrogens with zero attached hydrogens (tertiary/aromatic N) is 2. The quantitative estimate of drug-likeness (QED) is 0.839. The molecule has 126 valence electrons. The summed E-state index contributed by atoms with van der Waals surface area (Å²) >= 11 is 0. The van der Waals surface area contributed by atoms with Crippen LogP contribution in [0.3, 0.4) is 0 Å². The van der Waals surface area contributed by atoms with Gasteiger partial charge in [0.15, 0.2) is 5.69 Å². The van der Waals surface area contributed by atoms with Crippen molar-refractivity contribution in [3.63, 3.8) is 0 Å². The zero-order valence-corrected chi connectivity index (χ0v) is 13.9. The summed E-state index contributed by atoms with van der Waals surface area (Å²) in [5.74, 6) is -0.0618. The predicted molar refractivity (Wildman–Crippen MR) is 79.4 cm³/mol. The second kappa shape index (κ2) is 5.06. The topological polar surface area (TPSA) is 92.9 Å². The maximum absolute atomic E-state index is 12.8. The van der Waals surface area contributed by atoms with Crippen molar-refractivity contribution in [1.82, 2.24) is 10.1 Å². The fourth-order valence-corrected chi connectivity index (χ4v) is 4.42. The first-order valence-electron chi connectivity index (χ1n) is 7.70. The van der Waals surface area contributed by atoms with Gasteiger partial charge in [-0.2, -0.15) is 0 Å². The van der Waals surface area contributed by atoms with Crippen molar-refractivity contribution in [2.24, 2.45) is 16.7 Å². The van der Waals surface area contributed by atoms with Gasteiger partial charge in [-0.15, -0.1) is 0 Å². The number of aliphatic hydroxyl groups is 1. The summed E-state index contributed by atoms with van der Waals surface area (Å²) in [6, 6.07) is 0. The van der Waals surface area contributed by atoms with Gasteiger partial charge in [-0.1, -0.05) is 19.0 Å². The Kier molecular flexibility index (Phi) is 3.51. The first kappa shape index (κ1) is 16.0. The van der Waals surface area contributed by atoms with Crippen molar-refractivity contribution >= 4 is 11.9 Å². The predicted octanol–water partition coefficient (Wildman–Crippen LogP) is 1.14. The Labute approximate surface area is 134 Å². The van der Waals surface area contributed by atoms with E-state index in [2.05, 4.69) is 19.0 Å². The lowest BCUT2D eigenvalue weighted by molar-refractivity contribution is -0.174. The van der Waals surface area contributed by atoms with Gasteiger partial charge in [0.05, 0.1) is 24.7 Å². The maximum atomic E-state index is 12.8. The molecule has 1 aliphatic carbocycles. The molecule has 2 aliphatic rings. The molecule has 0 spiro atoms. The number of aryl methyl sites for hydroxylation is 1. The number of esters is 1. The third-order valence-corrected chi connectivity index (χ3v) is 5.48. The Morgan fingerprint density at radius 1 is 1.48 bits per heavy atom. The zero-order chi connectivity index (χ0) is 17.0. The van der Waals surface area contributed by atoms with Gasteiger partial charge in [0, 0.05) is 13.1 Å². The standard InChI is InChI=1S/C16H22N2O5/c1-9-10(6-19)12(17-23-9)13(20)18-5-11-15(2,3)7-16(11,8-18)14(21)22-4/h11,19H,5-8H2,1-4H3/t11-,16+/m1/s1. The Hall–Kier alpha value is -1.89. The van der Waals surface area contributed by atoms with E-state index in [0.717, 1.165) is 0 Å². The summed E-state index contributed by atoms with van der Waals surface area (Å²) < 4.78 is 10.0. The van der Waals surface area contributed by atoms with E-state index in [9.17, 15) is 14.7 Å². The van der Waals surface area contributed by atoms with Gasteiger partial charge in [0.25, 0.3) is 5.91 Å². The molecular weight excluding hydrogens is 300 g/mol. The smallest absolute Gasteiger partial charge is 0.314 e. The second-order valence-electron chi connectivity index (χ2n) is 7.28. The molecule has 23 heavy (non-hydrogen) atoms. The van der Waals surface area contributed by atoms with Crippen molar-refractivity contribution in [3.05, 3.63) is 17.0 Å². The third kappa shape index (κ3) is 2.09. The second-order valence-corrected chi connectivity index (χ2v) is 7.28. The minimum Gasteiger partial charge on any atom is -0.469 e. The molecule has 2 atom stereocenters. The number of aliphatic hydroxyl groups excluding tert-OH is 1. The highest BCUT2D eigenvalue weighted by Crippen LogP contribution is 2.63. The summed E-state index contributed by atoms with van der Waals surface area (Å²) in [7, 11) is 1.38. The van der Waals surface area contributed by atoms with Crippen LogP contribution in [0.25, 0.3) is 0 Å². The van der Waals surface area contributed by atoms with E-state index >= 15 is 0 Å². The number of amides is 1. The number of hydrogen-bond acceptors (Lipinski definition) is 6. The molecule has 7 heteroatoms. The van der Waals surface area contributed by atoms with Crippen molar-refractivity contribution in [3.8, 4) is 0 Å². The zero-order valence-electron chi connectivity index (χ0n) is 13.9. The lowest BCUT2D eigenvalue weighted by Gasteiger charge is -2.54. The number of ether oxygens (including phenoxy) is 1. The molecule has 1 aromatic rings. The lowest BCUT2D eigenvalue weighted by atomic mass is 9.48. The van der Waals surface area contributed by atoms with Gasteiger partial charge >= 0.3 is 5.97 Å². The highest BCUT2D eigenvalue weighted by atomic mass is 16.5. The molecule has 0 aromatic carbocycles. The van der Waals surface area contributed by atoms with Crippen LogP contribution >= 0.6 is 0 Å². The number of carbonyl (C=O) groups is 2. The van der Waals surface area contributed by atoms with E-state index in [1.165, 1.54) is 7.11 Å². The van der Waals surface area contributed by atoms with Gasteiger partial charge in [0.1, 0.15) is 5.76 Å². The van der Waals surface area contributed by atoms with Crippen LogP contribution in [-0.2, 0) is 16.1 Å². The SMILES string of the molecule is COC(=O)[C@@]12CN(C(=O)c3noc(C)c3CO)C[C@@H]1C(C)(C)C2. The average Bonchev–Trinajstić information content (AvgIpc) is 3.04. The molecule has 1 saturated carbocycles. The fraction of sp³-hybridized carbons (Fsp3) is 0.688. The van der Waals surface area contributed by atoms with Crippen molar-refractivity contribution in [2.45, 2.75) is 33.8 Å². The molecule has 3 rings (SSSR count). The van der Waals surface area contributed by atoms with E-state index in [-0.39, 0.29) is 35.5 Å². The van der Waals surface area contributed by atoms with E-state index in [0.29, 0.717) is 30.8 Å². The van der Waals surface area contributed by atoms with Gasteiger partial charge in [-0.25, -0.2) is 0 Å². The van der Waals surface area contributed by atoms with Crippen molar-refractivity contribution in [2.75, 3.05) is 20.2 Å². The summed E-state index contributed by atoms with van der Waals surface area (Å²) in [6.07, 6.45) is 0.700. The lowest BCUT2D eigenvalue weighted by Crippen LogP contribution is -2.57. The maximum Gasteiger partial charge on any atom is 0.314 e. The van der Waals surface area contributed by atoms with Gasteiger partial charge < -0.3 is 19.3 Å². The first-order chi connectivity index (χ1) is 10.8. The molecular formula is C16H22N2O5. The molecule has 7 nitrogen and oxygen atoms in total. The number of aromatic nitrogens is 1. The minimum atomic E-state index is -0.619. The van der Waals surface area contributed by atoms with E-state index < -0.39 is 5.41 Å². The van der Waals surface area contributed by atoms with Crippen LogP contribution in [0.4, 0.5) is 0 Å². The Morgan fingerprint density at radius 3 is 2.74 bits per heavy atom. The van der Waals surface area contributed by atoms with Crippen molar-refractivity contribution in [1.29, 1.82) is 0 Å². The molecule has 0 radical (unpaired) electrons. The van der Waals surface area contributed by atoms with Crippen LogP contribution in [0, 0.1) is 23.7 Å². The normalized spacial score (nSPS) is 28.2. The highest BCUT2D eigenvalue weighted by molar-refractivity contribution is 5.95. The Balaban J connectivity index is 1.88. The number of likely N-dealkylation sites (tertiary alicyclic amines) is 1. The summed E-state index contributed by atoms with van der Waals surface area (Å²) in [6.45, 7) is 6.36. The Morgan fingerprint density at radius 2 is 2.17 bits per heavy atom. The van der Waals surface area contributed by atoms with Crippen LogP contribution in [-0.4, -0.2) is 47.2 Å². The monoisotopic (exact) mass is 322 g/mol. The molecule has 0 unspecified atom stereocenters. The van der Waals surface area contributed by atoms with Crippen LogP contribution in [0.1, 0.15) is 42.1 Å². The van der Waals surface area contributed by atoms with Crippen LogP contribution in [0.5, 0.6) is 0 Å². The molecule has 1 saturated heterocycles. The van der Waals surface area contributed by atoms with Crippen molar-refractivity contribution < 1.29 is 24.0 Å². The fourth-order valence-electron chi connectivity index (χ4n) is 4.42. The number of fused-ring (bicyclic) bond motifs is 1. The first-order valence-corrected chi connectivity index (χ1v) is 7.70. The third-order valence-electron chi connectivity index (χ3n) is 5.48. The van der Waals surface area contributed by atoms with Crippen LogP contribution < -0.4 is 0 Å². The van der Waals surface area contributed by atoms with E-state index in [4.69, 9.17) is 9.26 Å². The molecule has 2 heterocycles. The van der Waals surface area contributed by atoms with Gasteiger partial charge in [-0.05, 0) is 24.7 Å². The summed E-state index contributed by atoms with van der Waals surface area (Å²) in [5.41, 5.74) is -0.0979. The highest BCUT2D eigenvalue weighted by Gasteiger charge is 2.68. The number of hydrogen-bond donors (Lipinski definition) is 1.